The van der Waals surface area contributed by atoms with Crippen LogP contribution >= 0.6 is 0 Å². The van der Waals surface area contributed by atoms with Crippen molar-refractivity contribution in [2.45, 2.75) is 19.6 Å². The highest BCUT2D eigenvalue weighted by Crippen LogP contribution is 1.95. The van der Waals surface area contributed by atoms with Crippen LogP contribution in [0.4, 0.5) is 0 Å². The fourth-order valence-corrected chi connectivity index (χ4v) is 1.32. The van der Waals surface area contributed by atoms with Crippen LogP contribution in [-0.2, 0) is 19.1 Å². The third-order valence-electron chi connectivity index (χ3n) is 1.64. The van der Waals surface area contributed by atoms with Gasteiger partial charge in [0.2, 0.25) is 0 Å². The zero-order chi connectivity index (χ0) is 15.4. The maximum atomic E-state index is 11.2. The Morgan fingerprint density at radius 1 is 1.05 bits per heavy atom. The highest BCUT2D eigenvalue weighted by Gasteiger charge is 2.06. The minimum atomic E-state index is -1.41. The Morgan fingerprint density at radius 2 is 1.65 bits per heavy atom. The number of carbonyl (C=O) groups is 2. The average molecular weight is 290 g/mol. The molecule has 0 aliphatic carbocycles. The number of esters is 2. The number of carbonyl (C=O) groups excluding carboxylic acids is 2. The van der Waals surface area contributed by atoms with Crippen LogP contribution in [0.3, 0.4) is 0 Å². The summed E-state index contributed by atoms with van der Waals surface area (Å²) in [4.78, 5) is 21.9. The van der Waals surface area contributed by atoms with Gasteiger partial charge in [0.15, 0.2) is 6.61 Å². The maximum absolute atomic E-state index is 11.2. The molecule has 0 saturated carbocycles. The molecule has 0 bridgehead atoms. The van der Waals surface area contributed by atoms with Crippen LogP contribution in [0.25, 0.3) is 0 Å². The SMILES string of the molecule is COC(=O)/C=C\C#CCOC(=O)/C=C\C#C[Si](C)(C)C. The molecule has 0 aliphatic rings. The lowest BCUT2D eigenvalue weighted by molar-refractivity contribution is -0.136. The first-order valence-corrected chi connectivity index (χ1v) is 9.44. The van der Waals surface area contributed by atoms with Crippen molar-refractivity contribution in [3.63, 3.8) is 0 Å². The van der Waals surface area contributed by atoms with Crippen LogP contribution in [0.1, 0.15) is 0 Å². The molecule has 0 aliphatic heterocycles. The van der Waals surface area contributed by atoms with E-state index in [1.165, 1.54) is 31.4 Å². The largest absolute Gasteiger partial charge is 0.466 e. The van der Waals surface area contributed by atoms with E-state index in [1.54, 1.807) is 0 Å². The van der Waals surface area contributed by atoms with Crippen LogP contribution in [0.2, 0.25) is 19.6 Å². The summed E-state index contributed by atoms with van der Waals surface area (Å²) in [7, 11) is -0.137. The van der Waals surface area contributed by atoms with Crippen molar-refractivity contribution in [1.82, 2.24) is 0 Å². The molecule has 0 amide bonds. The summed E-state index contributed by atoms with van der Waals surface area (Å²) in [5.74, 6) is 6.93. The minimum absolute atomic E-state index is 0.0455. The second kappa shape index (κ2) is 9.66. The van der Waals surface area contributed by atoms with Gasteiger partial charge in [-0.25, -0.2) is 9.59 Å². The van der Waals surface area contributed by atoms with Crippen molar-refractivity contribution >= 4 is 20.0 Å². The lowest BCUT2D eigenvalue weighted by Crippen LogP contribution is -2.16. The Hall–Kier alpha value is -2.24. The number of methoxy groups -OCH3 is 1. The maximum Gasteiger partial charge on any atom is 0.332 e. The van der Waals surface area contributed by atoms with Gasteiger partial charge in [-0.05, 0) is 12.2 Å². The molecule has 0 atom stereocenters. The Labute approximate surface area is 120 Å². The van der Waals surface area contributed by atoms with E-state index in [2.05, 4.69) is 47.7 Å². The molecule has 20 heavy (non-hydrogen) atoms. The molecule has 0 heterocycles. The van der Waals surface area contributed by atoms with Gasteiger partial charge in [0.25, 0.3) is 0 Å². The highest BCUT2D eigenvalue weighted by atomic mass is 28.3. The van der Waals surface area contributed by atoms with Gasteiger partial charge in [-0.3, -0.25) is 0 Å². The molecular formula is C15H18O4Si. The summed E-state index contributed by atoms with van der Waals surface area (Å²) in [5.41, 5.74) is 3.09. The van der Waals surface area contributed by atoms with Gasteiger partial charge >= 0.3 is 11.9 Å². The Kier molecular flexibility index (Phi) is 8.57. The Balaban J connectivity index is 4.04. The van der Waals surface area contributed by atoms with Crippen LogP contribution in [0.15, 0.2) is 24.3 Å². The summed E-state index contributed by atoms with van der Waals surface area (Å²) in [6.45, 7) is 6.30. The molecule has 106 valence electrons. The first kappa shape index (κ1) is 17.8. The summed E-state index contributed by atoms with van der Waals surface area (Å²) < 4.78 is 9.18. The van der Waals surface area contributed by atoms with Crippen molar-refractivity contribution in [3.8, 4) is 23.3 Å². The van der Waals surface area contributed by atoms with E-state index >= 15 is 0 Å². The molecule has 0 aromatic heterocycles. The minimum Gasteiger partial charge on any atom is -0.466 e. The number of hydrogen-bond donors (Lipinski definition) is 0. The smallest absolute Gasteiger partial charge is 0.332 e. The molecule has 0 N–H and O–H groups in total. The summed E-state index contributed by atoms with van der Waals surface area (Å²) in [6.07, 6.45) is 5.25. The second-order valence-electron chi connectivity index (χ2n) is 4.64. The first-order chi connectivity index (χ1) is 9.35. The zero-order valence-electron chi connectivity index (χ0n) is 12.1. The molecule has 0 aromatic rings. The molecule has 4 nitrogen and oxygen atoms in total. The fourth-order valence-electron chi connectivity index (χ4n) is 0.802. The van der Waals surface area contributed by atoms with Gasteiger partial charge in [0.05, 0.1) is 7.11 Å². The number of rotatable bonds is 3. The first-order valence-electron chi connectivity index (χ1n) is 5.94. The molecule has 0 aromatic carbocycles. The third kappa shape index (κ3) is 12.2. The predicted octanol–water partition coefficient (Wildman–Crippen LogP) is 1.70. The summed E-state index contributed by atoms with van der Waals surface area (Å²) >= 11 is 0. The van der Waals surface area contributed by atoms with E-state index in [-0.39, 0.29) is 6.61 Å². The summed E-state index contributed by atoms with van der Waals surface area (Å²) in [5, 5.41) is 0. The lowest BCUT2D eigenvalue weighted by Gasteiger charge is -2.02. The summed E-state index contributed by atoms with van der Waals surface area (Å²) in [6, 6.07) is 0. The highest BCUT2D eigenvalue weighted by molar-refractivity contribution is 6.83. The van der Waals surface area contributed by atoms with Crippen LogP contribution in [-0.4, -0.2) is 33.7 Å². The van der Waals surface area contributed by atoms with Crippen molar-refractivity contribution in [2.24, 2.45) is 0 Å². The van der Waals surface area contributed by atoms with Crippen LogP contribution in [0, 0.1) is 23.3 Å². The van der Waals surface area contributed by atoms with Crippen LogP contribution in [0.5, 0.6) is 0 Å². The van der Waals surface area contributed by atoms with Crippen molar-refractivity contribution in [1.29, 1.82) is 0 Å². The normalized spacial score (nSPS) is 10.4. The van der Waals surface area contributed by atoms with Crippen molar-refractivity contribution in [3.05, 3.63) is 24.3 Å². The molecule has 0 radical (unpaired) electrons. The quantitative estimate of drug-likeness (QED) is 0.343. The van der Waals surface area contributed by atoms with Gasteiger partial charge in [-0.1, -0.05) is 37.4 Å². The van der Waals surface area contributed by atoms with E-state index < -0.39 is 20.0 Å². The van der Waals surface area contributed by atoms with E-state index in [0.717, 1.165) is 0 Å². The number of ether oxygens (including phenoxy) is 2. The Morgan fingerprint density at radius 3 is 2.25 bits per heavy atom. The Bertz CT molecular complexity index is 516. The van der Waals surface area contributed by atoms with Gasteiger partial charge in [-0.2, -0.15) is 0 Å². The second-order valence-corrected chi connectivity index (χ2v) is 9.39. The lowest BCUT2D eigenvalue weighted by atomic mass is 10.5. The zero-order valence-corrected chi connectivity index (χ0v) is 13.1. The molecule has 0 saturated heterocycles. The molecule has 5 heteroatoms. The van der Waals surface area contributed by atoms with E-state index in [9.17, 15) is 9.59 Å². The topological polar surface area (TPSA) is 52.6 Å². The third-order valence-corrected chi connectivity index (χ3v) is 2.54. The monoisotopic (exact) mass is 290 g/mol. The molecular weight excluding hydrogens is 272 g/mol. The average Bonchev–Trinajstić information content (AvgIpc) is 2.37. The molecule has 0 fully saturated rings. The van der Waals surface area contributed by atoms with Crippen LogP contribution < -0.4 is 0 Å². The molecule has 0 spiro atoms. The number of allylic oxidation sites excluding steroid dienone is 2. The van der Waals surface area contributed by atoms with Gasteiger partial charge in [0.1, 0.15) is 8.07 Å². The van der Waals surface area contributed by atoms with Crippen molar-refractivity contribution < 1.29 is 19.1 Å². The fraction of sp³-hybridized carbons (Fsp3) is 0.333. The van der Waals surface area contributed by atoms with Gasteiger partial charge in [-0.15, -0.1) is 5.54 Å². The molecule has 0 unspecified atom stereocenters. The molecule has 0 rings (SSSR count). The van der Waals surface area contributed by atoms with Gasteiger partial charge < -0.3 is 9.47 Å². The predicted molar refractivity (Wildman–Crippen MR) is 80.2 cm³/mol. The van der Waals surface area contributed by atoms with Gasteiger partial charge in [0, 0.05) is 12.2 Å². The number of hydrogen-bond acceptors (Lipinski definition) is 4. The van der Waals surface area contributed by atoms with E-state index in [4.69, 9.17) is 4.74 Å². The van der Waals surface area contributed by atoms with Crippen molar-refractivity contribution in [2.75, 3.05) is 13.7 Å². The standard InChI is InChI=1S/C15H18O4Si/c1-18-14(16)10-6-5-8-12-19-15(17)11-7-9-13-20(2,3)4/h6-7,10-11H,12H2,1-4H3/b10-6-,11-7-. The van der Waals surface area contributed by atoms with E-state index in [1.807, 2.05) is 0 Å². The van der Waals surface area contributed by atoms with E-state index in [0.29, 0.717) is 0 Å².